The summed E-state index contributed by atoms with van der Waals surface area (Å²) >= 11 is 0. The first-order valence-corrected chi connectivity index (χ1v) is 14.5. The fourth-order valence-electron chi connectivity index (χ4n) is 6.11. The van der Waals surface area contributed by atoms with Gasteiger partial charge in [-0.3, -0.25) is 9.59 Å². The maximum Gasteiger partial charge on any atom is 0.289 e. The highest BCUT2D eigenvalue weighted by Gasteiger charge is 2.41. The lowest BCUT2D eigenvalue weighted by Gasteiger charge is -2.44. The van der Waals surface area contributed by atoms with Gasteiger partial charge in [-0.2, -0.15) is 0 Å². The van der Waals surface area contributed by atoms with Gasteiger partial charge in [0.15, 0.2) is 5.76 Å². The summed E-state index contributed by atoms with van der Waals surface area (Å²) in [7, 11) is 0. The number of fused-ring (bicyclic) bond motifs is 1. The van der Waals surface area contributed by atoms with E-state index in [4.69, 9.17) is 4.74 Å². The van der Waals surface area contributed by atoms with Gasteiger partial charge in [0.05, 0.1) is 6.04 Å². The van der Waals surface area contributed by atoms with E-state index in [0.29, 0.717) is 31.0 Å². The maximum absolute atomic E-state index is 13.6. The van der Waals surface area contributed by atoms with Crippen LogP contribution >= 0.6 is 0 Å². The van der Waals surface area contributed by atoms with E-state index in [2.05, 4.69) is 48.2 Å². The van der Waals surface area contributed by atoms with Gasteiger partial charge in [-0.05, 0) is 67.7 Å². The Kier molecular flexibility index (Phi) is 7.58. The van der Waals surface area contributed by atoms with Crippen molar-refractivity contribution in [2.24, 2.45) is 0 Å². The first-order chi connectivity index (χ1) is 19.5. The van der Waals surface area contributed by atoms with Gasteiger partial charge in [0.1, 0.15) is 6.10 Å². The Morgan fingerprint density at radius 3 is 2.30 bits per heavy atom. The maximum atomic E-state index is 13.6. The number of nitrogens with zero attached hydrogens (tertiary/aromatic N) is 3. The van der Waals surface area contributed by atoms with E-state index < -0.39 is 0 Å². The van der Waals surface area contributed by atoms with Crippen molar-refractivity contribution in [2.75, 3.05) is 31.1 Å². The lowest BCUT2D eigenvalue weighted by molar-refractivity contribution is -0.149. The second-order valence-electron chi connectivity index (χ2n) is 11.2. The van der Waals surface area contributed by atoms with Crippen LogP contribution in [0.15, 0.2) is 84.6 Å². The molecule has 6 rings (SSSR count). The van der Waals surface area contributed by atoms with Gasteiger partial charge >= 0.3 is 0 Å². The lowest BCUT2D eigenvalue weighted by Crippen LogP contribution is -2.54. The van der Waals surface area contributed by atoms with Crippen LogP contribution in [0.25, 0.3) is 6.08 Å². The molecular weight excluding hydrogens is 498 g/mol. The molecule has 2 aliphatic heterocycles. The number of hydrogen-bond donors (Lipinski definition) is 0. The van der Waals surface area contributed by atoms with Crippen molar-refractivity contribution in [1.82, 2.24) is 9.80 Å². The number of carbonyl (C=O) groups is 2. The van der Waals surface area contributed by atoms with Crippen LogP contribution in [-0.4, -0.2) is 59.9 Å². The molecule has 3 aliphatic rings. The SMILES string of the molecule is Cc1ccc(CN2C(=O)/C(=C\c3ccc(C(=O)N4CCN(c5ccccc5)CC4)cc3)OC3CCCCC32)cc1. The Morgan fingerprint density at radius 2 is 1.57 bits per heavy atom. The fraction of sp³-hybridized carbons (Fsp3) is 0.353. The number of amides is 2. The number of carbonyl (C=O) groups excluding carboxylic acids is 2. The van der Waals surface area contributed by atoms with E-state index in [-0.39, 0.29) is 24.0 Å². The van der Waals surface area contributed by atoms with Gasteiger partial charge in [-0.15, -0.1) is 0 Å². The van der Waals surface area contributed by atoms with E-state index in [1.165, 1.54) is 11.3 Å². The summed E-state index contributed by atoms with van der Waals surface area (Å²) < 4.78 is 6.30. The monoisotopic (exact) mass is 535 g/mol. The highest BCUT2D eigenvalue weighted by atomic mass is 16.5. The molecule has 3 aromatic carbocycles. The molecule has 0 aromatic heterocycles. The molecule has 2 amide bonds. The molecule has 0 N–H and O–H groups in total. The summed E-state index contributed by atoms with van der Waals surface area (Å²) in [4.78, 5) is 33.1. The van der Waals surface area contributed by atoms with Crippen molar-refractivity contribution < 1.29 is 14.3 Å². The molecule has 1 saturated carbocycles. The largest absolute Gasteiger partial charge is 0.482 e. The summed E-state index contributed by atoms with van der Waals surface area (Å²) in [5, 5.41) is 0. The third-order valence-corrected chi connectivity index (χ3v) is 8.44. The van der Waals surface area contributed by atoms with E-state index >= 15 is 0 Å². The van der Waals surface area contributed by atoms with Crippen LogP contribution in [-0.2, 0) is 16.1 Å². The molecule has 0 spiro atoms. The summed E-state index contributed by atoms with van der Waals surface area (Å²) in [6, 6.07) is 26.4. The highest BCUT2D eigenvalue weighted by molar-refractivity contribution is 5.97. The molecule has 40 heavy (non-hydrogen) atoms. The lowest BCUT2D eigenvalue weighted by atomic mass is 9.89. The number of para-hydroxylation sites is 1. The number of anilines is 1. The first kappa shape index (κ1) is 26.2. The Hall–Kier alpha value is -4.06. The van der Waals surface area contributed by atoms with Gasteiger partial charge in [0.25, 0.3) is 11.8 Å². The van der Waals surface area contributed by atoms with Crippen LogP contribution in [0.1, 0.15) is 52.7 Å². The number of rotatable bonds is 5. The zero-order chi connectivity index (χ0) is 27.5. The molecule has 0 radical (unpaired) electrons. The Bertz CT molecular complexity index is 1360. The van der Waals surface area contributed by atoms with E-state index in [1.54, 1.807) is 0 Å². The quantitative estimate of drug-likeness (QED) is 0.395. The van der Waals surface area contributed by atoms with Gasteiger partial charge in [-0.25, -0.2) is 0 Å². The second kappa shape index (κ2) is 11.6. The predicted octanol–water partition coefficient (Wildman–Crippen LogP) is 5.67. The van der Waals surface area contributed by atoms with Crippen LogP contribution in [0.5, 0.6) is 0 Å². The second-order valence-corrected chi connectivity index (χ2v) is 11.2. The number of morpholine rings is 1. The minimum atomic E-state index is -0.0554. The zero-order valence-electron chi connectivity index (χ0n) is 23.2. The van der Waals surface area contributed by atoms with Crippen molar-refractivity contribution in [1.29, 1.82) is 0 Å². The third kappa shape index (κ3) is 5.62. The summed E-state index contributed by atoms with van der Waals surface area (Å²) in [6.07, 6.45) is 6.05. The first-order valence-electron chi connectivity index (χ1n) is 14.5. The molecule has 1 aliphatic carbocycles. The summed E-state index contributed by atoms with van der Waals surface area (Å²) in [5.41, 5.74) is 5.07. The molecule has 2 saturated heterocycles. The van der Waals surface area contributed by atoms with Gasteiger partial charge < -0.3 is 19.4 Å². The molecule has 6 nitrogen and oxygen atoms in total. The number of hydrogen-bond acceptors (Lipinski definition) is 4. The molecule has 3 fully saturated rings. The van der Waals surface area contributed by atoms with Crippen molar-refractivity contribution in [2.45, 2.75) is 51.3 Å². The molecule has 2 atom stereocenters. The Balaban J connectivity index is 1.14. The predicted molar refractivity (Wildman–Crippen MR) is 158 cm³/mol. The molecule has 0 bridgehead atoms. The van der Waals surface area contributed by atoms with Gasteiger partial charge in [-0.1, -0.05) is 66.6 Å². The molecule has 6 heteroatoms. The van der Waals surface area contributed by atoms with Gasteiger partial charge in [0.2, 0.25) is 0 Å². The Labute approximate surface area is 236 Å². The van der Waals surface area contributed by atoms with E-state index in [0.717, 1.165) is 49.9 Å². The average molecular weight is 536 g/mol. The van der Waals surface area contributed by atoms with Crippen LogP contribution in [0.2, 0.25) is 0 Å². The number of benzene rings is 3. The molecular formula is C34H37N3O3. The van der Waals surface area contributed by atoms with Crippen LogP contribution in [0.3, 0.4) is 0 Å². The minimum Gasteiger partial charge on any atom is -0.482 e. The molecule has 3 aromatic rings. The average Bonchev–Trinajstić information content (AvgIpc) is 3.01. The summed E-state index contributed by atoms with van der Waals surface area (Å²) in [5.74, 6) is 0.387. The zero-order valence-corrected chi connectivity index (χ0v) is 23.2. The molecule has 2 unspecified atom stereocenters. The van der Waals surface area contributed by atoms with E-state index in [9.17, 15) is 9.59 Å². The third-order valence-electron chi connectivity index (χ3n) is 8.44. The highest BCUT2D eigenvalue weighted by Crippen LogP contribution is 2.34. The topological polar surface area (TPSA) is 53.1 Å². The van der Waals surface area contributed by atoms with Crippen LogP contribution in [0.4, 0.5) is 5.69 Å². The van der Waals surface area contributed by atoms with Gasteiger partial charge in [0, 0.05) is 44.0 Å². The van der Waals surface area contributed by atoms with E-state index in [1.807, 2.05) is 58.3 Å². The van der Waals surface area contributed by atoms with Crippen LogP contribution < -0.4 is 4.90 Å². The van der Waals surface area contributed by atoms with Crippen molar-refractivity contribution in [3.63, 3.8) is 0 Å². The van der Waals surface area contributed by atoms with Crippen molar-refractivity contribution in [3.05, 3.63) is 107 Å². The van der Waals surface area contributed by atoms with Crippen molar-refractivity contribution in [3.8, 4) is 0 Å². The minimum absolute atomic E-state index is 0.0264. The number of piperazine rings is 1. The fourth-order valence-corrected chi connectivity index (χ4v) is 6.11. The Morgan fingerprint density at radius 1 is 0.875 bits per heavy atom. The molecule has 206 valence electrons. The smallest absolute Gasteiger partial charge is 0.289 e. The van der Waals surface area contributed by atoms with Crippen molar-refractivity contribution >= 4 is 23.6 Å². The summed E-state index contributed by atoms with van der Waals surface area (Å²) in [6.45, 7) is 5.70. The molecule has 2 heterocycles. The van der Waals surface area contributed by atoms with Crippen LogP contribution in [0, 0.1) is 6.92 Å². The number of ether oxygens (including phenoxy) is 1. The normalized spacial score (nSPS) is 22.2. The standard InChI is InChI=1S/C34H37N3O3/c1-25-11-13-27(14-12-25)24-37-30-9-5-6-10-31(30)40-32(34(37)39)23-26-15-17-28(18-16-26)33(38)36-21-19-35(20-22-36)29-7-3-2-4-8-29/h2-4,7-8,11-18,23,30-31H,5-6,9-10,19-22,24H2,1H3/b32-23+. The number of aryl methyl sites for hydroxylation is 1.